The van der Waals surface area contributed by atoms with E-state index in [-0.39, 0.29) is 69.0 Å². The number of hydrogen-bond donors (Lipinski definition) is 3. The topological polar surface area (TPSA) is 101 Å². The normalized spacial score (nSPS) is 29.5. The van der Waals surface area contributed by atoms with Gasteiger partial charge in [0, 0.05) is 37.8 Å². The van der Waals surface area contributed by atoms with Gasteiger partial charge in [0.25, 0.3) is 6.43 Å². The molecule has 7 nitrogen and oxygen atoms in total. The Morgan fingerprint density at radius 3 is 2.21 bits per heavy atom. The summed E-state index contributed by atoms with van der Waals surface area (Å²) in [5.74, 6) is -7.70. The van der Waals surface area contributed by atoms with Crippen LogP contribution in [0.25, 0.3) is 0 Å². The molecular formula is C20H25F6N7. The van der Waals surface area contributed by atoms with Crippen molar-refractivity contribution in [2.45, 2.75) is 81.5 Å². The fraction of sp³-hybridized carbons (Fsp3) is 0.700. The number of rotatable bonds is 4. The van der Waals surface area contributed by atoms with Gasteiger partial charge in [-0.25, -0.2) is 46.3 Å². The number of halogens is 6. The molecular weight excluding hydrogens is 452 g/mol. The zero-order valence-electron chi connectivity index (χ0n) is 17.7. The number of nitrogens with zero attached hydrogens (tertiary/aromatic N) is 4. The predicted octanol–water partition coefficient (Wildman–Crippen LogP) is 3.73. The summed E-state index contributed by atoms with van der Waals surface area (Å²) in [5, 5.41) is 5.74. The number of nitrogens with one attached hydrogen (secondary N) is 2. The van der Waals surface area contributed by atoms with Crippen LogP contribution >= 0.6 is 0 Å². The Bertz CT molecular complexity index is 917. The fourth-order valence-corrected chi connectivity index (χ4v) is 4.36. The lowest BCUT2D eigenvalue weighted by Gasteiger charge is -2.42. The van der Waals surface area contributed by atoms with Gasteiger partial charge in [-0.3, -0.25) is 5.73 Å². The van der Waals surface area contributed by atoms with Crippen LogP contribution in [-0.4, -0.2) is 45.4 Å². The Morgan fingerprint density at radius 1 is 1.00 bits per heavy atom. The number of nitrogens with two attached hydrogens (primary N) is 1. The Labute approximate surface area is 186 Å². The molecule has 2 heterocycles. The Balaban J connectivity index is 1.64. The van der Waals surface area contributed by atoms with Crippen LogP contribution in [0, 0.1) is 5.92 Å². The van der Waals surface area contributed by atoms with Gasteiger partial charge < -0.3 is 10.6 Å². The van der Waals surface area contributed by atoms with Gasteiger partial charge in [0.15, 0.2) is 23.4 Å². The number of guanidine groups is 1. The molecule has 4 rings (SSSR count). The minimum Gasteiger partial charge on any atom is -0.319 e. The van der Waals surface area contributed by atoms with Crippen molar-refractivity contribution >= 4 is 11.8 Å². The van der Waals surface area contributed by atoms with Gasteiger partial charge in [-0.1, -0.05) is 0 Å². The van der Waals surface area contributed by atoms with Crippen LogP contribution in [0.2, 0.25) is 0 Å². The van der Waals surface area contributed by atoms with E-state index in [1.54, 1.807) is 0 Å². The van der Waals surface area contributed by atoms with E-state index in [9.17, 15) is 26.3 Å². The monoisotopic (exact) mass is 477 g/mol. The molecule has 3 aliphatic rings. The van der Waals surface area contributed by atoms with Crippen molar-refractivity contribution in [3.05, 3.63) is 23.8 Å². The molecule has 33 heavy (non-hydrogen) atoms. The maximum atomic E-state index is 13.7. The van der Waals surface area contributed by atoms with Crippen LogP contribution in [0.1, 0.15) is 69.3 Å². The van der Waals surface area contributed by atoms with E-state index < -0.39 is 41.7 Å². The molecule has 0 saturated heterocycles. The zero-order valence-corrected chi connectivity index (χ0v) is 17.7. The average Bonchev–Trinajstić information content (AvgIpc) is 2.75. The van der Waals surface area contributed by atoms with E-state index >= 15 is 0 Å². The maximum absolute atomic E-state index is 13.7. The Hall–Kier alpha value is -2.44. The van der Waals surface area contributed by atoms with Crippen LogP contribution < -0.4 is 16.4 Å². The SMILES string of the molecule is NC1(C2CCC(F)(F)CC2)N=C(c2nccc(C(F)F)n2)NC(=NC2CCC(F)(F)CC2)N1. The molecule has 1 unspecified atom stereocenters. The first-order chi connectivity index (χ1) is 15.4. The molecule has 1 atom stereocenters. The van der Waals surface area contributed by atoms with Gasteiger partial charge in [0.2, 0.25) is 11.8 Å². The summed E-state index contributed by atoms with van der Waals surface area (Å²) >= 11 is 0. The Kier molecular flexibility index (Phi) is 6.27. The van der Waals surface area contributed by atoms with E-state index in [0.717, 1.165) is 12.3 Å². The number of hydrogen-bond acceptors (Lipinski definition) is 5. The molecule has 1 aliphatic heterocycles. The van der Waals surface area contributed by atoms with Crippen LogP contribution in [0.4, 0.5) is 26.3 Å². The summed E-state index contributed by atoms with van der Waals surface area (Å²) in [6.07, 6.45) is -2.57. The van der Waals surface area contributed by atoms with E-state index in [4.69, 9.17) is 5.73 Å². The molecule has 0 aromatic carbocycles. The highest BCUT2D eigenvalue weighted by molar-refractivity contribution is 6.08. The van der Waals surface area contributed by atoms with Crippen molar-refractivity contribution in [2.24, 2.45) is 21.6 Å². The minimum atomic E-state index is -2.84. The van der Waals surface area contributed by atoms with Gasteiger partial charge in [0.1, 0.15) is 5.69 Å². The average molecular weight is 477 g/mol. The molecule has 2 fully saturated rings. The third kappa shape index (κ3) is 5.56. The summed E-state index contributed by atoms with van der Waals surface area (Å²) in [7, 11) is 0. The van der Waals surface area contributed by atoms with E-state index in [2.05, 4.69) is 30.6 Å². The van der Waals surface area contributed by atoms with E-state index in [0.29, 0.717) is 0 Å². The first-order valence-electron chi connectivity index (χ1n) is 10.8. The number of aromatic nitrogens is 2. The highest BCUT2D eigenvalue weighted by atomic mass is 19.3. The minimum absolute atomic E-state index is 0.0454. The summed E-state index contributed by atoms with van der Waals surface area (Å²) in [6, 6.07) is 0.638. The second kappa shape index (κ2) is 8.73. The van der Waals surface area contributed by atoms with Crippen molar-refractivity contribution < 1.29 is 26.3 Å². The number of amidine groups is 1. The lowest BCUT2D eigenvalue weighted by Crippen LogP contribution is -2.67. The molecule has 13 heteroatoms. The molecule has 0 bridgehead atoms. The highest BCUT2D eigenvalue weighted by Gasteiger charge is 2.46. The summed E-state index contributed by atoms with van der Waals surface area (Å²) in [4.78, 5) is 16.6. The van der Waals surface area contributed by atoms with Gasteiger partial charge in [-0.05, 0) is 31.7 Å². The quantitative estimate of drug-likeness (QED) is 0.574. The molecule has 4 N–H and O–H groups in total. The van der Waals surface area contributed by atoms with Crippen molar-refractivity contribution in [1.82, 2.24) is 20.6 Å². The van der Waals surface area contributed by atoms with Crippen molar-refractivity contribution in [3.63, 3.8) is 0 Å². The van der Waals surface area contributed by atoms with Crippen LogP contribution in [0.15, 0.2) is 22.2 Å². The van der Waals surface area contributed by atoms with Crippen LogP contribution in [-0.2, 0) is 0 Å². The molecule has 0 amide bonds. The second-order valence-corrected chi connectivity index (χ2v) is 8.84. The van der Waals surface area contributed by atoms with Crippen molar-refractivity contribution in [1.29, 1.82) is 0 Å². The fourth-order valence-electron chi connectivity index (χ4n) is 4.36. The lowest BCUT2D eigenvalue weighted by atomic mass is 9.82. The third-order valence-corrected chi connectivity index (χ3v) is 6.30. The molecule has 0 radical (unpaired) electrons. The van der Waals surface area contributed by atoms with Crippen LogP contribution in [0.5, 0.6) is 0 Å². The largest absolute Gasteiger partial charge is 0.319 e. The lowest BCUT2D eigenvalue weighted by molar-refractivity contribution is -0.0555. The maximum Gasteiger partial charge on any atom is 0.280 e. The summed E-state index contributed by atoms with van der Waals surface area (Å²) < 4.78 is 80.7. The molecule has 182 valence electrons. The summed E-state index contributed by atoms with van der Waals surface area (Å²) in [5.41, 5.74) is 5.98. The first kappa shape index (κ1) is 23.7. The predicted molar refractivity (Wildman–Crippen MR) is 108 cm³/mol. The van der Waals surface area contributed by atoms with Gasteiger partial charge in [0.05, 0.1) is 6.04 Å². The molecule has 0 spiro atoms. The van der Waals surface area contributed by atoms with Crippen LogP contribution in [0.3, 0.4) is 0 Å². The van der Waals surface area contributed by atoms with E-state index in [1.165, 1.54) is 0 Å². The van der Waals surface area contributed by atoms with Gasteiger partial charge in [-0.15, -0.1) is 0 Å². The smallest absolute Gasteiger partial charge is 0.280 e. The first-order valence-corrected chi connectivity index (χ1v) is 10.8. The standard InChI is InChI=1S/C20H25F6N7/c21-14(22)13-5-10-28-15(30-13)16-31-17(29-12-3-8-19(25,26)9-4-12)33-20(27,32-16)11-1-6-18(23,24)7-2-11/h5,10-12,14H,1-4,6-9,27H2,(H2,29,31,32,33). The number of aliphatic imine (C=N–C) groups is 2. The second-order valence-electron chi connectivity index (χ2n) is 8.84. The molecule has 1 aromatic rings. The van der Waals surface area contributed by atoms with E-state index in [1.807, 2.05) is 0 Å². The number of alkyl halides is 6. The molecule has 1 aromatic heterocycles. The third-order valence-electron chi connectivity index (χ3n) is 6.30. The zero-order chi connectivity index (χ0) is 23.9. The van der Waals surface area contributed by atoms with Crippen molar-refractivity contribution in [2.75, 3.05) is 0 Å². The summed E-state index contributed by atoms with van der Waals surface area (Å²) in [6.45, 7) is 0. The van der Waals surface area contributed by atoms with Crippen molar-refractivity contribution in [3.8, 4) is 0 Å². The highest BCUT2D eigenvalue weighted by Crippen LogP contribution is 2.40. The molecule has 2 aliphatic carbocycles. The van der Waals surface area contributed by atoms with Gasteiger partial charge >= 0.3 is 0 Å². The molecule has 2 saturated carbocycles. The van der Waals surface area contributed by atoms with Gasteiger partial charge in [-0.2, -0.15) is 0 Å². The Morgan fingerprint density at radius 2 is 1.61 bits per heavy atom.